The quantitative estimate of drug-likeness (QED) is 0.596. The third kappa shape index (κ3) is 4.76. The van der Waals surface area contributed by atoms with E-state index in [1.165, 1.54) is 6.07 Å². The number of nitriles is 2. The van der Waals surface area contributed by atoms with Crippen LogP contribution in [0.15, 0.2) is 48.5 Å². The van der Waals surface area contributed by atoms with Crippen molar-refractivity contribution in [3.63, 3.8) is 0 Å². The number of H-pyrrole nitrogens is 1. The number of aromatic amines is 1. The van der Waals surface area contributed by atoms with Crippen LogP contribution in [0.25, 0.3) is 0 Å². The smallest absolute Gasteiger partial charge is 0.171 e. The van der Waals surface area contributed by atoms with Gasteiger partial charge in [-0.1, -0.05) is 37.3 Å². The predicted molar refractivity (Wildman–Crippen MR) is 104 cm³/mol. The van der Waals surface area contributed by atoms with Gasteiger partial charge in [0, 0.05) is 6.42 Å². The topological polar surface area (TPSA) is 94.7 Å². The molecule has 0 aliphatic rings. The van der Waals surface area contributed by atoms with Crippen molar-refractivity contribution < 1.29 is 9.47 Å². The summed E-state index contributed by atoms with van der Waals surface area (Å²) in [6.45, 7) is 3.05. The van der Waals surface area contributed by atoms with E-state index in [0.29, 0.717) is 48.7 Å². The summed E-state index contributed by atoms with van der Waals surface area (Å²) in [6, 6.07) is 18.8. The molecule has 140 valence electrons. The molecule has 0 unspecified atom stereocenters. The van der Waals surface area contributed by atoms with Crippen molar-refractivity contribution in [1.82, 2.24) is 10.2 Å². The molecule has 0 saturated heterocycles. The highest BCUT2D eigenvalue weighted by Crippen LogP contribution is 2.30. The van der Waals surface area contributed by atoms with Gasteiger partial charge in [-0.3, -0.25) is 5.10 Å². The number of nitrogens with zero attached hydrogens (tertiary/aromatic N) is 3. The van der Waals surface area contributed by atoms with Crippen molar-refractivity contribution in [1.29, 1.82) is 10.5 Å². The van der Waals surface area contributed by atoms with E-state index < -0.39 is 0 Å². The average Bonchev–Trinajstić information content (AvgIpc) is 3.13. The van der Waals surface area contributed by atoms with E-state index in [0.717, 1.165) is 17.0 Å². The first-order valence-electron chi connectivity index (χ1n) is 9.04. The molecule has 6 nitrogen and oxygen atoms in total. The number of hydrogen-bond donors (Lipinski definition) is 1. The molecule has 1 aromatic heterocycles. The second kappa shape index (κ2) is 9.36. The number of nitrogens with one attached hydrogen (secondary N) is 1. The van der Waals surface area contributed by atoms with E-state index in [1.807, 2.05) is 49.4 Å². The van der Waals surface area contributed by atoms with Crippen LogP contribution in [0.1, 0.15) is 35.0 Å². The minimum absolute atomic E-state index is 0.378. The van der Waals surface area contributed by atoms with Gasteiger partial charge in [-0.05, 0) is 30.2 Å². The zero-order valence-electron chi connectivity index (χ0n) is 15.6. The van der Waals surface area contributed by atoms with Gasteiger partial charge in [-0.25, -0.2) is 0 Å². The van der Waals surface area contributed by atoms with Gasteiger partial charge in [0.25, 0.3) is 0 Å². The Hall–Kier alpha value is -3.61. The fourth-order valence-corrected chi connectivity index (χ4v) is 2.78. The highest BCUT2D eigenvalue weighted by molar-refractivity contribution is 5.47. The Kier molecular flexibility index (Phi) is 6.41. The predicted octanol–water partition coefficient (Wildman–Crippen LogP) is 4.27. The molecule has 0 aliphatic carbocycles. The molecule has 0 radical (unpaired) electrons. The van der Waals surface area contributed by atoms with Crippen LogP contribution in [0.2, 0.25) is 0 Å². The molecule has 0 aliphatic heterocycles. The molecule has 1 heterocycles. The van der Waals surface area contributed by atoms with Gasteiger partial charge in [-0.15, -0.1) is 0 Å². The third-order valence-electron chi connectivity index (χ3n) is 4.19. The van der Waals surface area contributed by atoms with E-state index in [-0.39, 0.29) is 0 Å². The maximum absolute atomic E-state index is 9.15. The standard InChI is InChI=1S/C22H20N4O2/c1-2-20-22(28-19-11-17(13-23)10-18(12-19)14-24)21(26-25-20)8-9-27-15-16-6-4-3-5-7-16/h3-7,10-12H,2,8-9,15H2,1H3,(H,25,26). The fraction of sp³-hybridized carbons (Fsp3) is 0.227. The average molecular weight is 372 g/mol. The van der Waals surface area contributed by atoms with Gasteiger partial charge in [0.05, 0.1) is 42.2 Å². The van der Waals surface area contributed by atoms with Crippen LogP contribution in [-0.4, -0.2) is 16.8 Å². The minimum Gasteiger partial charge on any atom is -0.453 e. The molecule has 0 bridgehead atoms. The van der Waals surface area contributed by atoms with Crippen LogP contribution in [0.5, 0.6) is 11.5 Å². The van der Waals surface area contributed by atoms with Crippen molar-refractivity contribution in [2.45, 2.75) is 26.4 Å². The zero-order chi connectivity index (χ0) is 19.8. The summed E-state index contributed by atoms with van der Waals surface area (Å²) >= 11 is 0. The van der Waals surface area contributed by atoms with Crippen LogP contribution in [0.3, 0.4) is 0 Å². The lowest BCUT2D eigenvalue weighted by molar-refractivity contribution is 0.123. The van der Waals surface area contributed by atoms with Gasteiger partial charge >= 0.3 is 0 Å². The molecule has 28 heavy (non-hydrogen) atoms. The Bertz CT molecular complexity index is 981. The molecule has 6 heteroatoms. The lowest BCUT2D eigenvalue weighted by atomic mass is 10.1. The summed E-state index contributed by atoms with van der Waals surface area (Å²) in [4.78, 5) is 0. The van der Waals surface area contributed by atoms with Crippen LogP contribution in [0, 0.1) is 22.7 Å². The Balaban J connectivity index is 1.70. The molecular formula is C22H20N4O2. The molecule has 0 saturated carbocycles. The summed E-state index contributed by atoms with van der Waals surface area (Å²) in [5, 5.41) is 25.6. The molecule has 3 aromatic rings. The normalized spacial score (nSPS) is 10.2. The van der Waals surface area contributed by atoms with E-state index >= 15 is 0 Å². The van der Waals surface area contributed by atoms with Gasteiger partial charge in [0.15, 0.2) is 5.75 Å². The highest BCUT2D eigenvalue weighted by Gasteiger charge is 2.15. The van der Waals surface area contributed by atoms with E-state index in [4.69, 9.17) is 20.0 Å². The third-order valence-corrected chi connectivity index (χ3v) is 4.19. The molecule has 3 rings (SSSR count). The Morgan fingerprint density at radius 3 is 2.39 bits per heavy atom. The highest BCUT2D eigenvalue weighted by atomic mass is 16.5. The number of benzene rings is 2. The Morgan fingerprint density at radius 1 is 1.04 bits per heavy atom. The monoisotopic (exact) mass is 372 g/mol. The number of hydrogen-bond acceptors (Lipinski definition) is 5. The van der Waals surface area contributed by atoms with E-state index in [1.54, 1.807) is 12.1 Å². The first-order valence-corrected chi connectivity index (χ1v) is 9.04. The Labute approximate surface area is 164 Å². The first-order chi connectivity index (χ1) is 13.7. The minimum atomic E-state index is 0.378. The number of rotatable bonds is 8. The number of aryl methyl sites for hydroxylation is 1. The van der Waals surface area contributed by atoms with E-state index in [2.05, 4.69) is 10.2 Å². The van der Waals surface area contributed by atoms with Crippen molar-refractivity contribution in [2.24, 2.45) is 0 Å². The Morgan fingerprint density at radius 2 is 1.75 bits per heavy atom. The molecule has 0 atom stereocenters. The van der Waals surface area contributed by atoms with Gasteiger partial charge in [-0.2, -0.15) is 15.6 Å². The second-order valence-electron chi connectivity index (χ2n) is 6.19. The summed E-state index contributed by atoms with van der Waals surface area (Å²) < 4.78 is 11.8. The zero-order valence-corrected chi connectivity index (χ0v) is 15.6. The lowest BCUT2D eigenvalue weighted by Crippen LogP contribution is -2.01. The van der Waals surface area contributed by atoms with Crippen LogP contribution < -0.4 is 4.74 Å². The van der Waals surface area contributed by atoms with Gasteiger partial charge < -0.3 is 9.47 Å². The largest absolute Gasteiger partial charge is 0.453 e. The van der Waals surface area contributed by atoms with Crippen LogP contribution in [0.4, 0.5) is 0 Å². The summed E-state index contributed by atoms with van der Waals surface area (Å²) in [5.74, 6) is 1.07. The van der Waals surface area contributed by atoms with Gasteiger partial charge in [0.1, 0.15) is 11.4 Å². The molecule has 1 N–H and O–H groups in total. The van der Waals surface area contributed by atoms with Crippen molar-refractivity contribution in [3.05, 3.63) is 76.6 Å². The van der Waals surface area contributed by atoms with Crippen molar-refractivity contribution >= 4 is 0 Å². The number of aromatic nitrogens is 2. The van der Waals surface area contributed by atoms with Crippen LogP contribution >= 0.6 is 0 Å². The van der Waals surface area contributed by atoms with Crippen LogP contribution in [-0.2, 0) is 24.2 Å². The molecule has 2 aromatic carbocycles. The van der Waals surface area contributed by atoms with E-state index in [9.17, 15) is 0 Å². The lowest BCUT2D eigenvalue weighted by Gasteiger charge is -2.09. The van der Waals surface area contributed by atoms with Crippen molar-refractivity contribution in [3.8, 4) is 23.6 Å². The molecule has 0 spiro atoms. The second-order valence-corrected chi connectivity index (χ2v) is 6.19. The number of ether oxygens (including phenoxy) is 2. The summed E-state index contributed by atoms with van der Waals surface area (Å²) in [7, 11) is 0. The molecule has 0 amide bonds. The maximum atomic E-state index is 9.15. The SMILES string of the molecule is CCc1n[nH]c(CCOCc2ccccc2)c1Oc1cc(C#N)cc(C#N)c1. The molecule has 0 fully saturated rings. The summed E-state index contributed by atoms with van der Waals surface area (Å²) in [6.07, 6.45) is 1.30. The summed E-state index contributed by atoms with van der Waals surface area (Å²) in [5.41, 5.74) is 3.49. The molecular weight excluding hydrogens is 352 g/mol. The van der Waals surface area contributed by atoms with Gasteiger partial charge in [0.2, 0.25) is 0 Å². The van der Waals surface area contributed by atoms with Crippen molar-refractivity contribution in [2.75, 3.05) is 6.61 Å². The first kappa shape index (κ1) is 19.2. The maximum Gasteiger partial charge on any atom is 0.171 e. The fourth-order valence-electron chi connectivity index (χ4n) is 2.78.